The predicted octanol–water partition coefficient (Wildman–Crippen LogP) is 5.88. The molecule has 5 rings (SSSR count). The second-order valence-corrected chi connectivity index (χ2v) is 12.8. The van der Waals surface area contributed by atoms with Crippen LogP contribution in [0.1, 0.15) is 75.8 Å². The molecule has 4 N–H and O–H groups in total. The number of carbonyl (C=O) groups excluding carboxylic acids is 2. The lowest BCUT2D eigenvalue weighted by atomic mass is 9.71. The summed E-state index contributed by atoms with van der Waals surface area (Å²) < 4.78 is 40.9. The number of alkyl halides is 3. The van der Waals surface area contributed by atoms with Gasteiger partial charge in [-0.2, -0.15) is 18.3 Å². The zero-order valence-corrected chi connectivity index (χ0v) is 24.6. The number of aromatic nitrogens is 3. The van der Waals surface area contributed by atoms with Crippen molar-refractivity contribution < 1.29 is 22.8 Å². The lowest BCUT2D eigenvalue weighted by molar-refractivity contribution is -0.144. The number of hydrogen-bond acceptors (Lipinski definition) is 6. The first-order chi connectivity index (χ1) is 19.7. The Hall–Kier alpha value is -3.77. The minimum absolute atomic E-state index is 0.0651. The number of nitrogens with two attached hydrogens (primary N) is 1. The molecule has 1 aliphatic rings. The monoisotopic (exact) mass is 598 g/mol. The van der Waals surface area contributed by atoms with Gasteiger partial charge in [-0.15, -0.1) is 11.3 Å². The Morgan fingerprint density at radius 3 is 2.62 bits per heavy atom. The number of nitrogens with zero attached hydrogens (tertiary/aromatic N) is 3. The highest BCUT2D eigenvalue weighted by Gasteiger charge is 2.39. The van der Waals surface area contributed by atoms with Crippen molar-refractivity contribution in [2.75, 3.05) is 11.9 Å². The number of anilines is 1. The van der Waals surface area contributed by atoms with Crippen LogP contribution < -0.4 is 16.4 Å². The molecule has 8 nitrogen and oxygen atoms in total. The number of carbonyl (C=O) groups is 2. The van der Waals surface area contributed by atoms with Crippen molar-refractivity contribution in [3.05, 3.63) is 75.6 Å². The fraction of sp³-hybridized carbons (Fsp3) is 0.400. The number of halogens is 3. The normalized spacial score (nSPS) is 16.2. The van der Waals surface area contributed by atoms with E-state index in [2.05, 4.69) is 42.6 Å². The second kappa shape index (κ2) is 11.1. The number of pyridine rings is 1. The molecule has 2 amide bonds. The number of hydrogen-bond donors (Lipinski definition) is 3. The van der Waals surface area contributed by atoms with E-state index in [0.717, 1.165) is 48.4 Å². The van der Waals surface area contributed by atoms with Crippen LogP contribution in [-0.2, 0) is 26.1 Å². The highest BCUT2D eigenvalue weighted by molar-refractivity contribution is 7.20. The lowest BCUT2D eigenvalue weighted by Crippen LogP contribution is -2.33. The van der Waals surface area contributed by atoms with Crippen molar-refractivity contribution >= 4 is 39.1 Å². The maximum Gasteiger partial charge on any atom is 0.433 e. The van der Waals surface area contributed by atoms with E-state index in [4.69, 9.17) is 10.7 Å². The number of amides is 2. The molecule has 0 radical (unpaired) electrons. The van der Waals surface area contributed by atoms with Gasteiger partial charge in [-0.05, 0) is 66.0 Å². The molecule has 2 atom stereocenters. The van der Waals surface area contributed by atoms with Crippen LogP contribution in [0.5, 0.6) is 0 Å². The van der Waals surface area contributed by atoms with E-state index in [1.807, 2.05) is 6.07 Å². The molecule has 4 aromatic rings. The summed E-state index contributed by atoms with van der Waals surface area (Å²) in [6.45, 7) is 6.87. The zero-order valence-electron chi connectivity index (χ0n) is 23.8. The smallest absolute Gasteiger partial charge is 0.343 e. The first kappa shape index (κ1) is 29.7. The summed E-state index contributed by atoms with van der Waals surface area (Å²) in [7, 11) is 1.12. The molecule has 1 aliphatic carbocycles. The Kier molecular flexibility index (Phi) is 7.88. The molecular weight excluding hydrogens is 565 g/mol. The summed E-state index contributed by atoms with van der Waals surface area (Å²) in [4.78, 5) is 32.2. The first-order valence-electron chi connectivity index (χ1n) is 13.7. The van der Waals surface area contributed by atoms with E-state index in [1.165, 1.54) is 16.9 Å². The van der Waals surface area contributed by atoms with Crippen molar-refractivity contribution in [2.24, 2.45) is 24.1 Å². The maximum atomic E-state index is 13.4. The van der Waals surface area contributed by atoms with Crippen LogP contribution in [0, 0.1) is 11.3 Å². The van der Waals surface area contributed by atoms with Crippen molar-refractivity contribution in [3.8, 4) is 0 Å². The molecule has 1 aromatic carbocycles. The van der Waals surface area contributed by atoms with Gasteiger partial charge in [0.25, 0.3) is 11.8 Å². The highest BCUT2D eigenvalue weighted by Crippen LogP contribution is 2.38. The minimum Gasteiger partial charge on any atom is -0.343 e. The molecule has 3 heterocycles. The van der Waals surface area contributed by atoms with Gasteiger partial charge in [-0.1, -0.05) is 32.9 Å². The molecule has 0 spiro atoms. The standard InChI is InChI=1S/C30H33F3N6O2S/c1-29(2,3)19-8-9-22-17(11-19)10-18-13-24(42-28(18)38-22)27(41)37-23(14-34)16-6-5-7-20(12-16)36-26(40)21-15-35-39(4)25(21)30(31,32)33/h5-7,10,12-13,15,19,23H,8-9,11,14,34H2,1-4H3,(H,36,40)(H,37,41)/t19-,23-/m1/s1. The van der Waals surface area contributed by atoms with E-state index in [9.17, 15) is 22.8 Å². The Bertz CT molecular complexity index is 1650. The van der Waals surface area contributed by atoms with Crippen LogP contribution in [0.3, 0.4) is 0 Å². The van der Waals surface area contributed by atoms with Gasteiger partial charge in [0.2, 0.25) is 0 Å². The quantitative estimate of drug-likeness (QED) is 0.256. The molecule has 12 heteroatoms. The lowest BCUT2D eigenvalue weighted by Gasteiger charge is -2.34. The molecule has 0 unspecified atom stereocenters. The number of nitrogens with one attached hydrogen (secondary N) is 2. The molecule has 3 aromatic heterocycles. The number of benzene rings is 1. The molecule has 0 saturated carbocycles. The molecular formula is C30H33F3N6O2S. The van der Waals surface area contributed by atoms with Crippen molar-refractivity contribution in [1.29, 1.82) is 0 Å². The van der Waals surface area contributed by atoms with Crippen LogP contribution in [0.15, 0.2) is 42.6 Å². The summed E-state index contributed by atoms with van der Waals surface area (Å²) in [6, 6.07) is 9.88. The van der Waals surface area contributed by atoms with Gasteiger partial charge < -0.3 is 16.4 Å². The minimum atomic E-state index is -4.75. The van der Waals surface area contributed by atoms with Gasteiger partial charge in [0.05, 0.1) is 22.7 Å². The molecule has 222 valence electrons. The summed E-state index contributed by atoms with van der Waals surface area (Å²) in [5, 5.41) is 9.96. The van der Waals surface area contributed by atoms with Crippen LogP contribution in [0.2, 0.25) is 0 Å². The SMILES string of the molecule is Cn1ncc(C(=O)Nc2cccc([C@@H](CN)NC(=O)c3cc4cc5c(nc4s3)CC[C@@H](C(C)(C)C)C5)c2)c1C(F)(F)F. The average Bonchev–Trinajstić information content (AvgIpc) is 3.52. The Morgan fingerprint density at radius 1 is 1.17 bits per heavy atom. The number of fused-ring (bicyclic) bond motifs is 2. The van der Waals surface area contributed by atoms with Gasteiger partial charge in [-0.25, -0.2) is 4.98 Å². The third-order valence-corrected chi connectivity index (χ3v) is 8.90. The third-order valence-electron chi connectivity index (χ3n) is 7.86. The Labute approximate surface area is 245 Å². The van der Waals surface area contributed by atoms with Crippen LogP contribution in [0.25, 0.3) is 10.2 Å². The van der Waals surface area contributed by atoms with Gasteiger partial charge >= 0.3 is 6.18 Å². The van der Waals surface area contributed by atoms with E-state index < -0.39 is 29.4 Å². The number of thiophene rings is 1. The zero-order chi connectivity index (χ0) is 30.4. The number of rotatable bonds is 6. The molecule has 42 heavy (non-hydrogen) atoms. The summed E-state index contributed by atoms with van der Waals surface area (Å²) in [6.07, 6.45) is -0.876. The Balaban J connectivity index is 1.31. The fourth-order valence-electron chi connectivity index (χ4n) is 5.45. The van der Waals surface area contributed by atoms with Crippen LogP contribution in [0.4, 0.5) is 18.9 Å². The summed E-state index contributed by atoms with van der Waals surface area (Å²) >= 11 is 1.33. The second-order valence-electron chi connectivity index (χ2n) is 11.8. The van der Waals surface area contributed by atoms with Gasteiger partial charge in [0, 0.05) is 30.4 Å². The fourth-order valence-corrected chi connectivity index (χ4v) is 6.39. The largest absolute Gasteiger partial charge is 0.433 e. The summed E-state index contributed by atoms with van der Waals surface area (Å²) in [5.41, 5.74) is 7.68. The summed E-state index contributed by atoms with van der Waals surface area (Å²) in [5.74, 6) is -0.679. The van der Waals surface area contributed by atoms with E-state index in [0.29, 0.717) is 21.0 Å². The third kappa shape index (κ3) is 6.05. The van der Waals surface area contributed by atoms with Gasteiger partial charge in [0.15, 0.2) is 5.69 Å². The molecule has 0 fully saturated rings. The van der Waals surface area contributed by atoms with Gasteiger partial charge in [-0.3, -0.25) is 14.3 Å². The average molecular weight is 599 g/mol. The van der Waals surface area contributed by atoms with E-state index >= 15 is 0 Å². The first-order valence-corrected chi connectivity index (χ1v) is 14.5. The maximum absolute atomic E-state index is 13.4. The van der Waals surface area contributed by atoms with Crippen molar-refractivity contribution in [3.63, 3.8) is 0 Å². The van der Waals surface area contributed by atoms with E-state index in [-0.39, 0.29) is 23.6 Å². The molecule has 0 saturated heterocycles. The Morgan fingerprint density at radius 2 is 1.93 bits per heavy atom. The molecule has 0 bridgehead atoms. The van der Waals surface area contributed by atoms with Gasteiger partial charge in [0.1, 0.15) is 4.83 Å². The van der Waals surface area contributed by atoms with Crippen LogP contribution in [-0.4, -0.2) is 33.1 Å². The van der Waals surface area contributed by atoms with E-state index in [1.54, 1.807) is 24.3 Å². The van der Waals surface area contributed by atoms with Crippen LogP contribution >= 0.6 is 11.3 Å². The topological polar surface area (TPSA) is 115 Å². The molecule has 0 aliphatic heterocycles. The van der Waals surface area contributed by atoms with Crippen molar-refractivity contribution in [2.45, 2.75) is 52.3 Å². The van der Waals surface area contributed by atoms with Crippen molar-refractivity contribution in [1.82, 2.24) is 20.1 Å². The highest BCUT2D eigenvalue weighted by atomic mass is 32.1. The predicted molar refractivity (Wildman–Crippen MR) is 156 cm³/mol. The number of aryl methyl sites for hydroxylation is 2.